The van der Waals surface area contributed by atoms with E-state index in [4.69, 9.17) is 0 Å². The first kappa shape index (κ1) is 17.2. The maximum atomic E-state index is 11.8. The van der Waals surface area contributed by atoms with Crippen LogP contribution in [0.3, 0.4) is 0 Å². The van der Waals surface area contributed by atoms with Gasteiger partial charge in [-0.2, -0.15) is 0 Å². The average Bonchev–Trinajstić information content (AvgIpc) is 2.58. The molecule has 2 aromatic carbocycles. The molecule has 0 heterocycles. The number of non-ortho nitro benzene ring substituents is 1. The van der Waals surface area contributed by atoms with Gasteiger partial charge in [0, 0.05) is 44.5 Å². The fourth-order valence-electron chi connectivity index (χ4n) is 2.07. The van der Waals surface area contributed by atoms with Gasteiger partial charge in [0.15, 0.2) is 0 Å². The fraction of sp³-hybridized carbons (Fsp3) is 0.167. The molecule has 2 rings (SSSR count). The Labute approximate surface area is 140 Å². The van der Waals surface area contributed by atoms with Gasteiger partial charge in [-0.15, -0.1) is 0 Å². The van der Waals surface area contributed by atoms with E-state index in [1.165, 1.54) is 18.2 Å². The van der Waals surface area contributed by atoms with E-state index in [1.54, 1.807) is 18.2 Å². The summed E-state index contributed by atoms with van der Waals surface area (Å²) >= 11 is 0. The Morgan fingerprint density at radius 3 is 2.54 bits per heavy atom. The molecule has 0 aliphatic heterocycles. The summed E-state index contributed by atoms with van der Waals surface area (Å²) in [7, 11) is 3.94. The number of anilines is 1. The molecule has 0 fully saturated rings. The van der Waals surface area contributed by atoms with E-state index in [9.17, 15) is 14.9 Å². The van der Waals surface area contributed by atoms with Gasteiger partial charge in [-0.25, -0.2) is 0 Å². The summed E-state index contributed by atoms with van der Waals surface area (Å²) < 4.78 is 0. The van der Waals surface area contributed by atoms with Gasteiger partial charge >= 0.3 is 0 Å². The number of rotatable bonds is 6. The molecule has 0 bridgehead atoms. The first-order chi connectivity index (χ1) is 11.5. The fourth-order valence-corrected chi connectivity index (χ4v) is 2.07. The SMILES string of the molecule is CN(C)c1ccc(CNC(=O)/C=C/c2cccc([N+](=O)[O-])c2)cc1. The van der Waals surface area contributed by atoms with E-state index in [0.29, 0.717) is 12.1 Å². The van der Waals surface area contributed by atoms with Crippen molar-refractivity contribution in [3.63, 3.8) is 0 Å². The first-order valence-corrected chi connectivity index (χ1v) is 7.42. The van der Waals surface area contributed by atoms with Crippen LogP contribution < -0.4 is 10.2 Å². The molecule has 0 saturated carbocycles. The highest BCUT2D eigenvalue weighted by atomic mass is 16.6. The molecule has 0 saturated heterocycles. The molecule has 2 aromatic rings. The van der Waals surface area contributed by atoms with E-state index in [2.05, 4.69) is 5.32 Å². The third-order valence-electron chi connectivity index (χ3n) is 3.43. The summed E-state index contributed by atoms with van der Waals surface area (Å²) in [5.74, 6) is -0.252. The number of nitrogens with one attached hydrogen (secondary N) is 1. The average molecular weight is 325 g/mol. The molecule has 0 unspecified atom stereocenters. The minimum atomic E-state index is -0.463. The zero-order valence-corrected chi connectivity index (χ0v) is 13.6. The van der Waals surface area contributed by atoms with Crippen molar-refractivity contribution in [2.24, 2.45) is 0 Å². The Hall–Kier alpha value is -3.15. The molecule has 6 nitrogen and oxygen atoms in total. The van der Waals surface area contributed by atoms with Gasteiger partial charge in [0.25, 0.3) is 5.69 Å². The lowest BCUT2D eigenvalue weighted by Gasteiger charge is -2.12. The molecular weight excluding hydrogens is 306 g/mol. The quantitative estimate of drug-likeness (QED) is 0.503. The molecule has 0 aliphatic carbocycles. The van der Waals surface area contributed by atoms with E-state index in [1.807, 2.05) is 43.3 Å². The Balaban J connectivity index is 1.91. The molecule has 0 aromatic heterocycles. The molecule has 0 radical (unpaired) electrons. The van der Waals surface area contributed by atoms with Crippen molar-refractivity contribution in [3.8, 4) is 0 Å². The van der Waals surface area contributed by atoms with Crippen LogP contribution in [0.4, 0.5) is 11.4 Å². The Bertz CT molecular complexity index is 752. The van der Waals surface area contributed by atoms with Crippen LogP contribution in [0, 0.1) is 10.1 Å². The Morgan fingerprint density at radius 1 is 1.21 bits per heavy atom. The van der Waals surface area contributed by atoms with E-state index in [-0.39, 0.29) is 11.6 Å². The van der Waals surface area contributed by atoms with Gasteiger partial charge in [-0.3, -0.25) is 14.9 Å². The monoisotopic (exact) mass is 325 g/mol. The zero-order valence-electron chi connectivity index (χ0n) is 13.6. The van der Waals surface area contributed by atoms with Crippen molar-refractivity contribution in [2.45, 2.75) is 6.54 Å². The molecule has 24 heavy (non-hydrogen) atoms. The number of amides is 1. The second-order valence-corrected chi connectivity index (χ2v) is 5.46. The van der Waals surface area contributed by atoms with E-state index >= 15 is 0 Å². The largest absolute Gasteiger partial charge is 0.378 e. The van der Waals surface area contributed by atoms with Gasteiger partial charge in [-0.1, -0.05) is 24.3 Å². The Morgan fingerprint density at radius 2 is 1.92 bits per heavy atom. The van der Waals surface area contributed by atoms with Gasteiger partial charge in [0.05, 0.1) is 4.92 Å². The second-order valence-electron chi connectivity index (χ2n) is 5.46. The topological polar surface area (TPSA) is 75.5 Å². The lowest BCUT2D eigenvalue weighted by Crippen LogP contribution is -2.20. The highest BCUT2D eigenvalue weighted by Gasteiger charge is 2.04. The van der Waals surface area contributed by atoms with Gasteiger partial charge in [0.2, 0.25) is 5.91 Å². The highest BCUT2D eigenvalue weighted by Crippen LogP contribution is 2.14. The van der Waals surface area contributed by atoms with Gasteiger partial charge in [0.1, 0.15) is 0 Å². The molecule has 1 amide bonds. The minimum absolute atomic E-state index is 0.00135. The summed E-state index contributed by atoms with van der Waals surface area (Å²) in [5.41, 5.74) is 2.70. The van der Waals surface area contributed by atoms with Crippen molar-refractivity contribution in [2.75, 3.05) is 19.0 Å². The van der Waals surface area contributed by atoms with Crippen LogP contribution in [0.5, 0.6) is 0 Å². The van der Waals surface area contributed by atoms with Crippen LogP contribution in [0.15, 0.2) is 54.6 Å². The molecule has 0 aliphatic rings. The minimum Gasteiger partial charge on any atom is -0.378 e. The number of nitro benzene ring substituents is 1. The van der Waals surface area contributed by atoms with Crippen LogP contribution >= 0.6 is 0 Å². The van der Waals surface area contributed by atoms with E-state index < -0.39 is 4.92 Å². The molecule has 1 N–H and O–H groups in total. The smallest absolute Gasteiger partial charge is 0.270 e. The third-order valence-corrected chi connectivity index (χ3v) is 3.43. The molecule has 6 heteroatoms. The van der Waals surface area contributed by atoms with Crippen molar-refractivity contribution in [1.29, 1.82) is 0 Å². The number of nitrogens with zero attached hydrogens (tertiary/aromatic N) is 2. The number of hydrogen-bond donors (Lipinski definition) is 1. The standard InChI is InChI=1S/C18H19N3O3/c1-20(2)16-9-6-15(7-10-16)13-19-18(22)11-8-14-4-3-5-17(12-14)21(23)24/h3-12H,13H2,1-2H3,(H,19,22)/b11-8+. The van der Waals surface area contributed by atoms with Crippen LogP contribution in [0.25, 0.3) is 6.08 Å². The zero-order chi connectivity index (χ0) is 17.5. The maximum absolute atomic E-state index is 11.8. The number of nitro groups is 1. The van der Waals surface area contributed by atoms with Gasteiger partial charge in [-0.05, 0) is 29.3 Å². The van der Waals surface area contributed by atoms with Crippen LogP contribution in [-0.4, -0.2) is 24.9 Å². The lowest BCUT2D eigenvalue weighted by molar-refractivity contribution is -0.384. The van der Waals surface area contributed by atoms with Crippen LogP contribution in [0.2, 0.25) is 0 Å². The summed E-state index contributed by atoms with van der Waals surface area (Å²) in [6.45, 7) is 0.422. The normalized spacial score (nSPS) is 10.6. The summed E-state index contributed by atoms with van der Waals surface area (Å²) in [5, 5.41) is 13.5. The van der Waals surface area contributed by atoms with Crippen molar-refractivity contribution >= 4 is 23.4 Å². The van der Waals surface area contributed by atoms with Crippen LogP contribution in [0.1, 0.15) is 11.1 Å². The van der Waals surface area contributed by atoms with Crippen molar-refractivity contribution in [3.05, 3.63) is 75.8 Å². The lowest BCUT2D eigenvalue weighted by atomic mass is 10.2. The molecular formula is C18H19N3O3. The summed E-state index contributed by atoms with van der Waals surface area (Å²) in [6, 6.07) is 14.0. The van der Waals surface area contributed by atoms with Crippen LogP contribution in [-0.2, 0) is 11.3 Å². The maximum Gasteiger partial charge on any atom is 0.270 e. The van der Waals surface area contributed by atoms with Crippen molar-refractivity contribution < 1.29 is 9.72 Å². The summed E-state index contributed by atoms with van der Waals surface area (Å²) in [4.78, 5) is 24.1. The van der Waals surface area contributed by atoms with Crippen molar-refractivity contribution in [1.82, 2.24) is 5.32 Å². The Kier molecular flexibility index (Phi) is 5.68. The molecule has 0 spiro atoms. The highest BCUT2D eigenvalue weighted by molar-refractivity contribution is 5.91. The van der Waals surface area contributed by atoms with Gasteiger partial charge < -0.3 is 10.2 Å². The number of carbonyl (C=O) groups excluding carboxylic acids is 1. The van der Waals surface area contributed by atoms with E-state index in [0.717, 1.165) is 11.3 Å². The second kappa shape index (κ2) is 7.92. The number of hydrogen-bond acceptors (Lipinski definition) is 4. The summed E-state index contributed by atoms with van der Waals surface area (Å²) in [6.07, 6.45) is 2.92. The number of carbonyl (C=O) groups is 1. The predicted molar refractivity (Wildman–Crippen MR) is 94.7 cm³/mol. The number of benzene rings is 2. The molecule has 124 valence electrons. The first-order valence-electron chi connectivity index (χ1n) is 7.42. The third kappa shape index (κ3) is 4.95. The molecule has 0 atom stereocenters. The predicted octanol–water partition coefficient (Wildman–Crippen LogP) is 2.99.